The zero-order chi connectivity index (χ0) is 13.1. The average Bonchev–Trinajstić information content (AvgIpc) is 2.32. The molecular formula is C14H19FN2O. The summed E-state index contributed by atoms with van der Waals surface area (Å²) in [6.07, 6.45) is 1.49. The van der Waals surface area contributed by atoms with Crippen molar-refractivity contribution in [1.82, 2.24) is 10.2 Å². The molecule has 0 radical (unpaired) electrons. The second-order valence-corrected chi connectivity index (χ2v) is 4.96. The van der Waals surface area contributed by atoms with Gasteiger partial charge in [0, 0.05) is 32.6 Å². The largest absolute Gasteiger partial charge is 0.344 e. The Bertz CT molecular complexity index is 447. The second kappa shape index (κ2) is 5.48. The lowest BCUT2D eigenvalue weighted by Gasteiger charge is -2.30. The van der Waals surface area contributed by atoms with Gasteiger partial charge in [0.05, 0.1) is 0 Å². The van der Waals surface area contributed by atoms with Crippen LogP contribution in [-0.4, -0.2) is 30.4 Å². The maximum absolute atomic E-state index is 13.0. The molecular weight excluding hydrogens is 231 g/mol. The number of likely N-dealkylation sites (N-methyl/N-ethyl adjacent to an activating group) is 1. The predicted octanol–water partition coefficient (Wildman–Crippen LogP) is 1.84. The van der Waals surface area contributed by atoms with Gasteiger partial charge < -0.3 is 10.2 Å². The maximum atomic E-state index is 13.0. The first kappa shape index (κ1) is 13.0. The first-order chi connectivity index (χ1) is 8.56. The minimum Gasteiger partial charge on any atom is -0.344 e. The summed E-state index contributed by atoms with van der Waals surface area (Å²) in [5, 5.41) is 3.43. The Morgan fingerprint density at radius 2 is 2.28 bits per heavy atom. The molecule has 2 rings (SSSR count). The molecule has 18 heavy (non-hydrogen) atoms. The van der Waals surface area contributed by atoms with Gasteiger partial charge in [0.2, 0.25) is 5.91 Å². The molecule has 0 aromatic heterocycles. The quantitative estimate of drug-likeness (QED) is 0.888. The fraction of sp³-hybridized carbons (Fsp3) is 0.500. The molecule has 1 aliphatic rings. The van der Waals surface area contributed by atoms with Crippen molar-refractivity contribution in [1.29, 1.82) is 0 Å². The zero-order valence-corrected chi connectivity index (χ0v) is 10.9. The summed E-state index contributed by atoms with van der Waals surface area (Å²) >= 11 is 0. The van der Waals surface area contributed by atoms with E-state index in [0.717, 1.165) is 30.6 Å². The van der Waals surface area contributed by atoms with E-state index in [4.69, 9.17) is 0 Å². The molecule has 98 valence electrons. The standard InChI is InChI=1S/C14H19FN2O/c1-10-7-12(15)4-3-11(10)8-16-13-5-6-14(18)17(2)9-13/h3-4,7,13,16H,5-6,8-9H2,1-2H3. The lowest BCUT2D eigenvalue weighted by Crippen LogP contribution is -2.46. The van der Waals surface area contributed by atoms with E-state index in [9.17, 15) is 9.18 Å². The van der Waals surface area contributed by atoms with Crippen molar-refractivity contribution in [3.05, 3.63) is 35.1 Å². The molecule has 1 amide bonds. The van der Waals surface area contributed by atoms with Crippen molar-refractivity contribution in [2.24, 2.45) is 0 Å². The maximum Gasteiger partial charge on any atom is 0.222 e. The normalized spacial score (nSPS) is 20.3. The molecule has 1 aliphatic heterocycles. The summed E-state index contributed by atoms with van der Waals surface area (Å²) in [6.45, 7) is 3.38. The van der Waals surface area contributed by atoms with Gasteiger partial charge in [-0.2, -0.15) is 0 Å². The molecule has 4 heteroatoms. The van der Waals surface area contributed by atoms with E-state index < -0.39 is 0 Å². The highest BCUT2D eigenvalue weighted by Gasteiger charge is 2.22. The van der Waals surface area contributed by atoms with Gasteiger partial charge in [-0.3, -0.25) is 4.79 Å². The average molecular weight is 250 g/mol. The Morgan fingerprint density at radius 1 is 1.50 bits per heavy atom. The first-order valence-electron chi connectivity index (χ1n) is 6.28. The van der Waals surface area contributed by atoms with E-state index in [0.29, 0.717) is 12.5 Å². The van der Waals surface area contributed by atoms with Crippen LogP contribution in [0.5, 0.6) is 0 Å². The first-order valence-corrected chi connectivity index (χ1v) is 6.28. The summed E-state index contributed by atoms with van der Waals surface area (Å²) in [7, 11) is 1.83. The van der Waals surface area contributed by atoms with E-state index in [-0.39, 0.29) is 11.7 Å². The van der Waals surface area contributed by atoms with Gasteiger partial charge in [0.15, 0.2) is 0 Å². The summed E-state index contributed by atoms with van der Waals surface area (Å²) in [5.41, 5.74) is 2.07. The number of hydrogen-bond donors (Lipinski definition) is 1. The smallest absolute Gasteiger partial charge is 0.222 e. The number of nitrogens with one attached hydrogen (secondary N) is 1. The molecule has 1 N–H and O–H groups in total. The fourth-order valence-corrected chi connectivity index (χ4v) is 2.29. The topological polar surface area (TPSA) is 32.3 Å². The summed E-state index contributed by atoms with van der Waals surface area (Å²) < 4.78 is 13.0. The van der Waals surface area contributed by atoms with Gasteiger partial charge >= 0.3 is 0 Å². The van der Waals surface area contributed by atoms with Crippen LogP contribution in [0.1, 0.15) is 24.0 Å². The van der Waals surface area contributed by atoms with Crippen LogP contribution < -0.4 is 5.32 Å². The lowest BCUT2D eigenvalue weighted by atomic mass is 10.0. The molecule has 1 atom stereocenters. The molecule has 1 heterocycles. The molecule has 1 fully saturated rings. The minimum absolute atomic E-state index is 0.195. The Morgan fingerprint density at radius 3 is 2.94 bits per heavy atom. The van der Waals surface area contributed by atoms with Crippen molar-refractivity contribution in [2.75, 3.05) is 13.6 Å². The molecule has 0 aliphatic carbocycles. The van der Waals surface area contributed by atoms with Crippen molar-refractivity contribution in [3.63, 3.8) is 0 Å². The molecule has 1 saturated heterocycles. The number of halogens is 1. The van der Waals surface area contributed by atoms with Gasteiger partial charge in [-0.1, -0.05) is 6.07 Å². The molecule has 1 aromatic carbocycles. The van der Waals surface area contributed by atoms with Crippen molar-refractivity contribution in [2.45, 2.75) is 32.4 Å². The van der Waals surface area contributed by atoms with E-state index in [2.05, 4.69) is 5.32 Å². The number of piperidine rings is 1. The van der Waals surface area contributed by atoms with Gasteiger partial charge in [-0.15, -0.1) is 0 Å². The molecule has 0 saturated carbocycles. The van der Waals surface area contributed by atoms with E-state index in [1.165, 1.54) is 6.07 Å². The Kier molecular flexibility index (Phi) is 3.97. The van der Waals surface area contributed by atoms with Gasteiger partial charge in [-0.05, 0) is 36.6 Å². The van der Waals surface area contributed by atoms with Crippen LogP contribution in [0.15, 0.2) is 18.2 Å². The molecule has 0 spiro atoms. The van der Waals surface area contributed by atoms with Gasteiger partial charge in [-0.25, -0.2) is 4.39 Å². The molecule has 3 nitrogen and oxygen atoms in total. The van der Waals surface area contributed by atoms with Crippen LogP contribution >= 0.6 is 0 Å². The number of aryl methyl sites for hydroxylation is 1. The Labute approximate surface area is 107 Å². The highest BCUT2D eigenvalue weighted by Crippen LogP contribution is 2.13. The van der Waals surface area contributed by atoms with Crippen LogP contribution in [0.4, 0.5) is 4.39 Å². The number of hydrogen-bond acceptors (Lipinski definition) is 2. The molecule has 0 bridgehead atoms. The van der Waals surface area contributed by atoms with Crippen molar-refractivity contribution >= 4 is 5.91 Å². The number of nitrogens with zero attached hydrogens (tertiary/aromatic N) is 1. The third-order valence-electron chi connectivity index (χ3n) is 3.51. The van der Waals surface area contributed by atoms with E-state index in [1.54, 1.807) is 11.0 Å². The van der Waals surface area contributed by atoms with Crippen LogP contribution in [-0.2, 0) is 11.3 Å². The van der Waals surface area contributed by atoms with Gasteiger partial charge in [0.1, 0.15) is 5.82 Å². The summed E-state index contributed by atoms with van der Waals surface area (Å²) in [4.78, 5) is 13.1. The number of rotatable bonds is 3. The minimum atomic E-state index is -0.195. The van der Waals surface area contributed by atoms with E-state index >= 15 is 0 Å². The number of likely N-dealkylation sites (tertiary alicyclic amines) is 1. The monoisotopic (exact) mass is 250 g/mol. The van der Waals surface area contributed by atoms with E-state index in [1.807, 2.05) is 20.0 Å². The Hall–Kier alpha value is -1.42. The van der Waals surface area contributed by atoms with Crippen LogP contribution in [0.2, 0.25) is 0 Å². The lowest BCUT2D eigenvalue weighted by molar-refractivity contribution is -0.132. The van der Waals surface area contributed by atoms with Crippen LogP contribution in [0.25, 0.3) is 0 Å². The number of benzene rings is 1. The number of carbonyl (C=O) groups is 1. The number of carbonyl (C=O) groups excluding carboxylic acids is 1. The van der Waals surface area contributed by atoms with Crippen LogP contribution in [0.3, 0.4) is 0 Å². The Balaban J connectivity index is 1.90. The number of amides is 1. The third kappa shape index (κ3) is 3.07. The zero-order valence-electron chi connectivity index (χ0n) is 10.9. The summed E-state index contributed by atoms with van der Waals surface area (Å²) in [6, 6.07) is 5.18. The fourth-order valence-electron chi connectivity index (χ4n) is 2.29. The van der Waals surface area contributed by atoms with Gasteiger partial charge in [0.25, 0.3) is 0 Å². The van der Waals surface area contributed by atoms with Crippen molar-refractivity contribution in [3.8, 4) is 0 Å². The molecule has 1 unspecified atom stereocenters. The SMILES string of the molecule is Cc1cc(F)ccc1CNC1CCC(=O)N(C)C1. The predicted molar refractivity (Wildman–Crippen MR) is 68.6 cm³/mol. The van der Waals surface area contributed by atoms with Crippen LogP contribution in [0, 0.1) is 12.7 Å². The molecule has 1 aromatic rings. The summed E-state index contributed by atoms with van der Waals surface area (Å²) in [5.74, 6) is 0.0188. The highest BCUT2D eigenvalue weighted by atomic mass is 19.1. The highest BCUT2D eigenvalue weighted by molar-refractivity contribution is 5.76. The van der Waals surface area contributed by atoms with Crippen molar-refractivity contribution < 1.29 is 9.18 Å². The third-order valence-corrected chi connectivity index (χ3v) is 3.51. The second-order valence-electron chi connectivity index (χ2n) is 4.96.